The number of unbranched alkanes of at least 4 members (excludes halogenated alkanes) is 1. The molecule has 0 N–H and O–H groups in total. The Morgan fingerprint density at radius 3 is 1.76 bits per heavy atom. The van der Waals surface area contributed by atoms with Crippen LogP contribution in [0, 0.1) is 52.6 Å². The third kappa shape index (κ3) is 6.68. The summed E-state index contributed by atoms with van der Waals surface area (Å²) in [5.74, 6) is -8.56. The molecule has 0 saturated carbocycles. The van der Waals surface area contributed by atoms with E-state index in [9.17, 15) is 39.5 Å². The van der Waals surface area contributed by atoms with Gasteiger partial charge in [-0.3, -0.25) is 0 Å². The van der Waals surface area contributed by atoms with Crippen molar-refractivity contribution in [2.75, 3.05) is 0 Å². The maximum absolute atomic E-state index is 14.7. The molecule has 10 heteroatoms. The van der Waals surface area contributed by atoms with Crippen LogP contribution < -0.4 is 4.74 Å². The van der Waals surface area contributed by atoms with E-state index < -0.39 is 69.3 Å². The molecule has 0 radical (unpaired) electrons. The van der Waals surface area contributed by atoms with Gasteiger partial charge in [0, 0.05) is 17.7 Å². The molecular weight excluding hydrogens is 559 g/mol. The van der Waals surface area contributed by atoms with Crippen molar-refractivity contribution in [3.8, 4) is 28.7 Å². The lowest BCUT2D eigenvalue weighted by Gasteiger charge is -2.19. The van der Waals surface area contributed by atoms with Crippen molar-refractivity contribution < 1.29 is 44.3 Å². The molecule has 0 aliphatic heterocycles. The number of halogens is 9. The zero-order valence-electron chi connectivity index (χ0n) is 21.2. The van der Waals surface area contributed by atoms with Crippen LogP contribution in [0.5, 0.6) is 5.75 Å². The van der Waals surface area contributed by atoms with E-state index >= 15 is 0 Å². The number of ether oxygens (including phenoxy) is 1. The van der Waals surface area contributed by atoms with Gasteiger partial charge in [-0.15, -0.1) is 0 Å². The molecule has 0 heterocycles. The minimum atomic E-state index is -4.79. The smallest absolute Gasteiger partial charge is 0.429 e. The van der Waals surface area contributed by atoms with Gasteiger partial charge in [-0.25, -0.2) is 30.7 Å². The Balaban J connectivity index is 1.58. The van der Waals surface area contributed by atoms with Gasteiger partial charge < -0.3 is 4.74 Å². The Morgan fingerprint density at radius 2 is 1.22 bits per heavy atom. The molecule has 0 unspecified atom stereocenters. The lowest BCUT2D eigenvalue weighted by atomic mass is 10.00. The van der Waals surface area contributed by atoms with E-state index in [4.69, 9.17) is 0 Å². The van der Waals surface area contributed by atoms with Crippen LogP contribution >= 0.6 is 0 Å². The molecule has 0 saturated heterocycles. The first-order valence-electron chi connectivity index (χ1n) is 12.2. The molecular formula is C31H19F9O. The van der Waals surface area contributed by atoms with Gasteiger partial charge in [0.15, 0.2) is 17.5 Å². The predicted octanol–water partition coefficient (Wildman–Crippen LogP) is 9.20. The lowest BCUT2D eigenvalue weighted by molar-refractivity contribution is -0.189. The number of aryl methyl sites for hydroxylation is 1. The van der Waals surface area contributed by atoms with Gasteiger partial charge in [0.1, 0.15) is 34.6 Å². The first-order chi connectivity index (χ1) is 19.4. The van der Waals surface area contributed by atoms with Crippen LogP contribution in [0.1, 0.15) is 42.0 Å². The lowest BCUT2D eigenvalue weighted by Crippen LogP contribution is -2.25. The number of rotatable bonds is 7. The second-order valence-electron chi connectivity index (χ2n) is 9.00. The fraction of sp³-hybridized carbons (Fsp3) is 0.161. The van der Waals surface area contributed by atoms with Crippen molar-refractivity contribution in [3.63, 3.8) is 0 Å². The molecule has 4 aromatic carbocycles. The third-order valence-corrected chi connectivity index (χ3v) is 6.02. The van der Waals surface area contributed by atoms with Crippen LogP contribution in [0.15, 0.2) is 60.7 Å². The van der Waals surface area contributed by atoms with E-state index in [2.05, 4.69) is 23.5 Å². The number of hydrogen-bond donors (Lipinski definition) is 0. The second kappa shape index (κ2) is 12.0. The zero-order valence-corrected chi connectivity index (χ0v) is 21.2. The summed E-state index contributed by atoms with van der Waals surface area (Å²) in [5.41, 5.74) is -1.34. The highest BCUT2D eigenvalue weighted by Gasteiger charge is 2.41. The number of alkyl halides is 2. The van der Waals surface area contributed by atoms with E-state index in [0.29, 0.717) is 17.7 Å². The van der Waals surface area contributed by atoms with Crippen LogP contribution in [0.2, 0.25) is 0 Å². The fourth-order valence-corrected chi connectivity index (χ4v) is 3.95. The summed E-state index contributed by atoms with van der Waals surface area (Å²) in [6.45, 7) is 2.06. The zero-order chi connectivity index (χ0) is 29.9. The molecule has 0 aromatic heterocycles. The molecule has 1 nitrogen and oxygen atoms in total. The second-order valence-corrected chi connectivity index (χ2v) is 9.00. The van der Waals surface area contributed by atoms with Crippen LogP contribution in [0.25, 0.3) is 11.1 Å². The highest BCUT2D eigenvalue weighted by atomic mass is 19.3. The van der Waals surface area contributed by atoms with Gasteiger partial charge in [-0.05, 0) is 53.8 Å². The van der Waals surface area contributed by atoms with Gasteiger partial charge in [0.05, 0.1) is 5.56 Å². The summed E-state index contributed by atoms with van der Waals surface area (Å²) < 4.78 is 131. The Hall–Kier alpha value is -4.39. The first kappa shape index (κ1) is 29.6. The molecule has 0 fully saturated rings. The first-order valence-corrected chi connectivity index (χ1v) is 12.2. The normalized spacial score (nSPS) is 11.3. The van der Waals surface area contributed by atoms with E-state index in [1.807, 2.05) is 12.1 Å². The van der Waals surface area contributed by atoms with E-state index in [1.54, 1.807) is 12.1 Å². The fourth-order valence-electron chi connectivity index (χ4n) is 3.95. The van der Waals surface area contributed by atoms with Crippen molar-refractivity contribution in [1.29, 1.82) is 0 Å². The van der Waals surface area contributed by atoms with Gasteiger partial charge in [-0.2, -0.15) is 8.78 Å². The van der Waals surface area contributed by atoms with Crippen LogP contribution in [-0.2, 0) is 12.5 Å². The largest absolute Gasteiger partial charge is 0.432 e. The molecule has 212 valence electrons. The monoisotopic (exact) mass is 578 g/mol. The standard InChI is InChI=1S/C31H19F9O/c1-2-3-4-17-5-8-19(9-6-17)20-13-23(32)22(24(33)14-20)10-7-18-11-25(34)29(26(35)12-18)31(39,40)41-21-15-27(36)30(38)28(37)16-21/h5-6,8-9,11-16H,2-4H2,1H3. The predicted molar refractivity (Wildman–Crippen MR) is 134 cm³/mol. The van der Waals surface area contributed by atoms with Crippen molar-refractivity contribution in [2.24, 2.45) is 0 Å². The van der Waals surface area contributed by atoms with Crippen molar-refractivity contribution in [2.45, 2.75) is 32.3 Å². The molecule has 0 aliphatic rings. The van der Waals surface area contributed by atoms with Crippen LogP contribution in [0.3, 0.4) is 0 Å². The van der Waals surface area contributed by atoms with Crippen molar-refractivity contribution in [1.82, 2.24) is 0 Å². The average Bonchev–Trinajstić information content (AvgIpc) is 2.89. The molecule has 0 aliphatic carbocycles. The van der Waals surface area contributed by atoms with Gasteiger partial charge in [0.25, 0.3) is 0 Å². The quantitative estimate of drug-likeness (QED) is 0.121. The van der Waals surface area contributed by atoms with Gasteiger partial charge >= 0.3 is 6.11 Å². The summed E-state index contributed by atoms with van der Waals surface area (Å²) >= 11 is 0. The van der Waals surface area contributed by atoms with Gasteiger partial charge in [-0.1, -0.05) is 49.5 Å². The molecule has 0 bridgehead atoms. The summed E-state index contributed by atoms with van der Waals surface area (Å²) in [5, 5.41) is 0. The summed E-state index contributed by atoms with van der Waals surface area (Å²) in [4.78, 5) is 0. The molecule has 4 aromatic rings. The topological polar surface area (TPSA) is 9.23 Å². The summed E-state index contributed by atoms with van der Waals surface area (Å²) in [6.07, 6.45) is -1.90. The molecule has 0 atom stereocenters. The Kier molecular flexibility index (Phi) is 8.66. The van der Waals surface area contributed by atoms with E-state index in [-0.39, 0.29) is 17.7 Å². The van der Waals surface area contributed by atoms with Crippen LogP contribution in [0.4, 0.5) is 39.5 Å². The van der Waals surface area contributed by atoms with Crippen LogP contribution in [-0.4, -0.2) is 0 Å². The summed E-state index contributed by atoms with van der Waals surface area (Å²) in [7, 11) is 0. The van der Waals surface area contributed by atoms with Crippen molar-refractivity contribution in [3.05, 3.63) is 124 Å². The van der Waals surface area contributed by atoms with E-state index in [1.165, 1.54) is 0 Å². The maximum atomic E-state index is 14.7. The molecule has 0 spiro atoms. The average molecular weight is 578 g/mol. The molecule has 0 amide bonds. The highest BCUT2D eigenvalue weighted by Crippen LogP contribution is 2.36. The third-order valence-electron chi connectivity index (χ3n) is 6.02. The van der Waals surface area contributed by atoms with Gasteiger partial charge in [0.2, 0.25) is 0 Å². The Bertz CT molecular complexity index is 1580. The Morgan fingerprint density at radius 1 is 0.659 bits per heavy atom. The minimum absolute atomic E-state index is 0.0684. The maximum Gasteiger partial charge on any atom is 0.432 e. The highest BCUT2D eigenvalue weighted by molar-refractivity contribution is 5.65. The number of benzene rings is 4. The SMILES string of the molecule is CCCCc1ccc(-c2cc(F)c(C#Cc3cc(F)c(C(F)(F)Oc4cc(F)c(F)c(F)c4)c(F)c3)c(F)c2)cc1. The van der Waals surface area contributed by atoms with Crippen molar-refractivity contribution >= 4 is 0 Å². The minimum Gasteiger partial charge on any atom is -0.429 e. The molecule has 41 heavy (non-hydrogen) atoms. The molecule has 4 rings (SSSR count). The Labute approximate surface area is 229 Å². The summed E-state index contributed by atoms with van der Waals surface area (Å²) in [6, 6.07) is 10.1. The van der Waals surface area contributed by atoms with E-state index in [0.717, 1.165) is 37.0 Å². The number of hydrogen-bond acceptors (Lipinski definition) is 1.